The fourth-order valence-corrected chi connectivity index (χ4v) is 1.85. The quantitative estimate of drug-likeness (QED) is 0.631. The van der Waals surface area contributed by atoms with Gasteiger partial charge in [0.1, 0.15) is 6.20 Å². The molecule has 2 aromatic rings. The molecule has 0 spiro atoms. The maximum atomic E-state index is 10.5. The van der Waals surface area contributed by atoms with Crippen molar-refractivity contribution >= 4 is 33.3 Å². The van der Waals surface area contributed by atoms with Gasteiger partial charge in [0.2, 0.25) is 6.33 Å². The first kappa shape index (κ1) is 11.0. The summed E-state index contributed by atoms with van der Waals surface area (Å²) in [6, 6.07) is 1.65. The second-order valence-electron chi connectivity index (χ2n) is 2.86. The largest absolute Gasteiger partial charge is 0.381 e. The van der Waals surface area contributed by atoms with Gasteiger partial charge in [-0.05, 0) is 31.9 Å². The maximum absolute atomic E-state index is 10.5. The zero-order valence-electron chi connectivity index (χ0n) is 7.67. The van der Waals surface area contributed by atoms with Crippen molar-refractivity contribution in [1.29, 1.82) is 0 Å². The number of nitro groups is 1. The lowest BCUT2D eigenvalue weighted by atomic mass is 10.4. The SMILES string of the molecule is O=[N+]([O-])c1cn(-c2ncc(Br)cc2Cl)cn1. The van der Waals surface area contributed by atoms with Crippen molar-refractivity contribution in [2.24, 2.45) is 0 Å². The van der Waals surface area contributed by atoms with E-state index in [1.807, 2.05) is 0 Å². The summed E-state index contributed by atoms with van der Waals surface area (Å²) in [5.41, 5.74) is 0. The Labute approximate surface area is 103 Å². The first-order valence-electron chi connectivity index (χ1n) is 4.08. The van der Waals surface area contributed by atoms with Gasteiger partial charge in [-0.25, -0.2) is 4.98 Å². The van der Waals surface area contributed by atoms with Gasteiger partial charge >= 0.3 is 5.82 Å². The molecule has 0 N–H and O–H groups in total. The number of hydrogen-bond acceptors (Lipinski definition) is 4. The second kappa shape index (κ2) is 4.18. The predicted molar refractivity (Wildman–Crippen MR) is 60.7 cm³/mol. The average Bonchev–Trinajstić information content (AvgIpc) is 2.66. The van der Waals surface area contributed by atoms with Gasteiger partial charge in [0.05, 0.1) is 5.02 Å². The normalized spacial score (nSPS) is 10.4. The van der Waals surface area contributed by atoms with Crippen molar-refractivity contribution in [2.75, 3.05) is 0 Å². The number of hydrogen-bond donors (Lipinski definition) is 0. The van der Waals surface area contributed by atoms with Gasteiger partial charge in [-0.3, -0.25) is 4.57 Å². The third kappa shape index (κ3) is 2.05. The molecule has 0 unspecified atom stereocenters. The lowest BCUT2D eigenvalue weighted by Gasteiger charge is -2.01. The highest BCUT2D eigenvalue weighted by molar-refractivity contribution is 9.10. The number of pyridine rings is 1. The maximum Gasteiger partial charge on any atom is 0.381 e. The molecule has 0 aliphatic heterocycles. The summed E-state index contributed by atoms with van der Waals surface area (Å²) in [5, 5.41) is 10.8. The minimum atomic E-state index is -0.580. The van der Waals surface area contributed by atoms with E-state index in [1.165, 1.54) is 17.1 Å². The summed E-state index contributed by atoms with van der Waals surface area (Å²) in [6.45, 7) is 0. The van der Waals surface area contributed by atoms with Gasteiger partial charge in [-0.15, -0.1) is 0 Å². The second-order valence-corrected chi connectivity index (χ2v) is 4.18. The van der Waals surface area contributed by atoms with Crippen molar-refractivity contribution < 1.29 is 4.92 Å². The van der Waals surface area contributed by atoms with Crippen LogP contribution in [0.2, 0.25) is 5.02 Å². The third-order valence-electron chi connectivity index (χ3n) is 1.79. The van der Waals surface area contributed by atoms with E-state index in [1.54, 1.807) is 12.3 Å². The first-order chi connectivity index (χ1) is 7.58. The molecule has 8 heteroatoms. The van der Waals surface area contributed by atoms with Gasteiger partial charge in [-0.1, -0.05) is 11.6 Å². The molecule has 0 aliphatic rings. The van der Waals surface area contributed by atoms with Crippen LogP contribution in [0.4, 0.5) is 5.82 Å². The Morgan fingerprint density at radius 1 is 1.50 bits per heavy atom. The average molecular weight is 304 g/mol. The molecular weight excluding hydrogens is 299 g/mol. The van der Waals surface area contributed by atoms with Gasteiger partial charge in [0.25, 0.3) is 0 Å². The van der Waals surface area contributed by atoms with Gasteiger partial charge in [-0.2, -0.15) is 0 Å². The number of imidazole rings is 1. The van der Waals surface area contributed by atoms with Crippen molar-refractivity contribution in [3.8, 4) is 5.82 Å². The van der Waals surface area contributed by atoms with Crippen LogP contribution in [0.25, 0.3) is 5.82 Å². The molecule has 0 radical (unpaired) electrons. The molecule has 2 aromatic heterocycles. The van der Waals surface area contributed by atoms with E-state index in [0.717, 1.165) is 4.47 Å². The van der Waals surface area contributed by atoms with Crippen LogP contribution in [0.1, 0.15) is 0 Å². The van der Waals surface area contributed by atoms with Crippen LogP contribution in [-0.4, -0.2) is 19.5 Å². The van der Waals surface area contributed by atoms with Crippen molar-refractivity contribution in [3.63, 3.8) is 0 Å². The molecule has 2 heterocycles. The molecule has 0 saturated heterocycles. The zero-order valence-corrected chi connectivity index (χ0v) is 10.0. The molecule has 0 aromatic carbocycles. The third-order valence-corrected chi connectivity index (χ3v) is 2.50. The zero-order chi connectivity index (χ0) is 11.7. The topological polar surface area (TPSA) is 73.8 Å². The molecule has 2 rings (SSSR count). The summed E-state index contributed by atoms with van der Waals surface area (Å²) in [6.07, 6.45) is 4.09. The van der Waals surface area contributed by atoms with Crippen molar-refractivity contribution in [3.05, 3.63) is 44.4 Å². The number of aromatic nitrogens is 3. The molecule has 16 heavy (non-hydrogen) atoms. The van der Waals surface area contributed by atoms with Crippen molar-refractivity contribution in [2.45, 2.75) is 0 Å². The van der Waals surface area contributed by atoms with Crippen molar-refractivity contribution in [1.82, 2.24) is 14.5 Å². The van der Waals surface area contributed by atoms with Crippen LogP contribution in [0, 0.1) is 10.1 Å². The van der Waals surface area contributed by atoms with Crippen LogP contribution in [0.3, 0.4) is 0 Å². The standard InChI is InChI=1S/C8H4BrClN4O2/c9-5-1-6(10)8(11-2-5)13-3-7(12-4-13)14(15)16/h1-4H. The Kier molecular flexibility index (Phi) is 2.88. The van der Waals surface area contributed by atoms with E-state index in [2.05, 4.69) is 25.9 Å². The lowest BCUT2D eigenvalue weighted by Crippen LogP contribution is -1.95. The van der Waals surface area contributed by atoms with E-state index in [0.29, 0.717) is 10.8 Å². The monoisotopic (exact) mass is 302 g/mol. The predicted octanol–water partition coefficient (Wildman–Crippen LogP) is 2.59. The van der Waals surface area contributed by atoms with Gasteiger partial charge in [0, 0.05) is 10.7 Å². The molecule has 0 bridgehead atoms. The molecular formula is C8H4BrClN4O2. The minimum Gasteiger partial charge on any atom is -0.358 e. The highest BCUT2D eigenvalue weighted by Crippen LogP contribution is 2.22. The molecule has 82 valence electrons. The van der Waals surface area contributed by atoms with Crippen LogP contribution in [0.5, 0.6) is 0 Å². The van der Waals surface area contributed by atoms with E-state index in [9.17, 15) is 10.1 Å². The summed E-state index contributed by atoms with van der Waals surface area (Å²) in [5.74, 6) is 0.145. The Balaban J connectivity index is 2.46. The summed E-state index contributed by atoms with van der Waals surface area (Å²) < 4.78 is 2.13. The van der Waals surface area contributed by atoms with E-state index in [-0.39, 0.29) is 5.82 Å². The van der Waals surface area contributed by atoms with Crippen LogP contribution in [-0.2, 0) is 0 Å². The number of nitrogens with zero attached hydrogens (tertiary/aromatic N) is 4. The highest BCUT2D eigenvalue weighted by Gasteiger charge is 2.13. The Bertz CT molecular complexity index is 557. The fourth-order valence-electron chi connectivity index (χ4n) is 1.12. The van der Waals surface area contributed by atoms with Gasteiger partial charge in [0.15, 0.2) is 5.82 Å². The Morgan fingerprint density at radius 2 is 2.25 bits per heavy atom. The van der Waals surface area contributed by atoms with Crippen LogP contribution >= 0.6 is 27.5 Å². The Hall–Kier alpha value is -1.47. The molecule has 0 aliphatic carbocycles. The van der Waals surface area contributed by atoms with Crippen LogP contribution < -0.4 is 0 Å². The molecule has 0 fully saturated rings. The number of rotatable bonds is 2. The van der Waals surface area contributed by atoms with E-state index in [4.69, 9.17) is 11.6 Å². The summed E-state index contributed by atoms with van der Waals surface area (Å²) in [7, 11) is 0. The lowest BCUT2D eigenvalue weighted by molar-refractivity contribution is -0.389. The summed E-state index contributed by atoms with van der Waals surface area (Å²) >= 11 is 9.16. The molecule has 6 nitrogen and oxygen atoms in total. The summed E-state index contributed by atoms with van der Waals surface area (Å²) in [4.78, 5) is 17.5. The molecule has 0 saturated carbocycles. The molecule has 0 amide bonds. The molecule has 0 atom stereocenters. The first-order valence-corrected chi connectivity index (χ1v) is 5.25. The smallest absolute Gasteiger partial charge is 0.358 e. The fraction of sp³-hybridized carbons (Fsp3) is 0. The highest BCUT2D eigenvalue weighted by atomic mass is 79.9. The van der Waals surface area contributed by atoms with Crippen LogP contribution in [0.15, 0.2) is 29.3 Å². The van der Waals surface area contributed by atoms with E-state index < -0.39 is 4.92 Å². The minimum absolute atomic E-state index is 0.249. The van der Waals surface area contributed by atoms with E-state index >= 15 is 0 Å². The number of halogens is 2. The van der Waals surface area contributed by atoms with Gasteiger partial charge < -0.3 is 10.1 Å². The Morgan fingerprint density at radius 3 is 2.81 bits per heavy atom.